The number of thiazole rings is 1. The first-order valence-corrected chi connectivity index (χ1v) is 13.5. The van der Waals surface area contributed by atoms with E-state index in [0.717, 1.165) is 15.4 Å². The number of nitrogens with zero attached hydrogens (tertiary/aromatic N) is 1. The summed E-state index contributed by atoms with van der Waals surface area (Å²) in [5.41, 5.74) is 2.51. The lowest BCUT2D eigenvalue weighted by molar-refractivity contribution is -0.153. The van der Waals surface area contributed by atoms with Crippen molar-refractivity contribution in [3.05, 3.63) is 44.2 Å². The predicted octanol–water partition coefficient (Wildman–Crippen LogP) is 4.15. The fourth-order valence-corrected chi connectivity index (χ4v) is 10.2. The SMILES string of the molecule is CCOC(=O)CN1C(=O)C2C3CC(C2C1=O)C1C(c2ccccc2C)c2sc(=S)[nH]c2SC31. The van der Waals surface area contributed by atoms with Crippen molar-refractivity contribution in [1.29, 1.82) is 0 Å². The maximum Gasteiger partial charge on any atom is 0.326 e. The number of carbonyl (C=O) groups is 3. The molecule has 6 nitrogen and oxygen atoms in total. The molecule has 2 aromatic rings. The maximum atomic E-state index is 13.4. The van der Waals surface area contributed by atoms with Crippen LogP contribution in [-0.2, 0) is 19.1 Å². The van der Waals surface area contributed by atoms with Gasteiger partial charge in [-0.25, -0.2) is 0 Å². The molecule has 0 radical (unpaired) electrons. The second kappa shape index (κ2) is 7.78. The van der Waals surface area contributed by atoms with Crippen molar-refractivity contribution in [3.63, 3.8) is 0 Å². The molecule has 2 aliphatic heterocycles. The van der Waals surface area contributed by atoms with Gasteiger partial charge in [0.15, 0.2) is 3.95 Å². The summed E-state index contributed by atoms with van der Waals surface area (Å²) < 4.78 is 5.79. The van der Waals surface area contributed by atoms with Crippen LogP contribution in [0.2, 0.25) is 0 Å². The number of hydrogen-bond donors (Lipinski definition) is 1. The molecular formula is C24H24N2O4S3. The molecule has 1 saturated heterocycles. The highest BCUT2D eigenvalue weighted by atomic mass is 32.2. The second-order valence-electron chi connectivity index (χ2n) is 9.38. The highest BCUT2D eigenvalue weighted by Gasteiger charge is 2.69. The van der Waals surface area contributed by atoms with Crippen LogP contribution in [0.3, 0.4) is 0 Å². The Morgan fingerprint density at radius 1 is 1.21 bits per heavy atom. The molecule has 1 aromatic heterocycles. The molecule has 2 saturated carbocycles. The van der Waals surface area contributed by atoms with E-state index >= 15 is 0 Å². The zero-order valence-corrected chi connectivity index (χ0v) is 20.7. The lowest BCUT2D eigenvalue weighted by Crippen LogP contribution is -2.42. The average Bonchev–Trinajstić information content (AvgIpc) is 3.50. The molecule has 2 bridgehead atoms. The Labute approximate surface area is 205 Å². The van der Waals surface area contributed by atoms with E-state index < -0.39 is 5.97 Å². The summed E-state index contributed by atoms with van der Waals surface area (Å²) in [6.45, 7) is 3.81. The summed E-state index contributed by atoms with van der Waals surface area (Å²) in [7, 11) is 0. The first-order chi connectivity index (χ1) is 15.9. The van der Waals surface area contributed by atoms with Crippen molar-refractivity contribution < 1.29 is 19.1 Å². The normalized spacial score (nSPS) is 33.8. The van der Waals surface area contributed by atoms with Crippen LogP contribution >= 0.6 is 35.3 Å². The zero-order valence-electron chi connectivity index (χ0n) is 18.3. The van der Waals surface area contributed by atoms with Crippen molar-refractivity contribution in [2.45, 2.75) is 36.5 Å². The van der Waals surface area contributed by atoms with E-state index in [0.29, 0.717) is 0 Å². The Hall–Kier alpha value is -1.97. The molecule has 4 aliphatic rings. The second-order valence-corrected chi connectivity index (χ2v) is 12.3. The van der Waals surface area contributed by atoms with E-state index in [2.05, 4.69) is 36.2 Å². The number of ether oxygens (including phenoxy) is 1. The summed E-state index contributed by atoms with van der Waals surface area (Å²) in [5, 5.41) is 1.36. The summed E-state index contributed by atoms with van der Waals surface area (Å²) >= 11 is 8.95. The molecule has 3 fully saturated rings. The molecule has 1 N–H and O–H groups in total. The number of fused-ring (bicyclic) bond motifs is 9. The van der Waals surface area contributed by atoms with Gasteiger partial charge in [-0.1, -0.05) is 24.3 Å². The Kier molecular flexibility index (Phi) is 5.08. The first kappa shape index (κ1) is 21.6. The van der Waals surface area contributed by atoms with Gasteiger partial charge in [0.1, 0.15) is 6.54 Å². The Morgan fingerprint density at radius 2 is 1.94 bits per heavy atom. The number of carbonyl (C=O) groups excluding carboxylic acids is 3. The van der Waals surface area contributed by atoms with E-state index in [1.807, 2.05) is 0 Å². The third kappa shape index (κ3) is 3.04. The van der Waals surface area contributed by atoms with Crippen LogP contribution in [0.4, 0.5) is 0 Å². The zero-order chi connectivity index (χ0) is 23.0. The molecule has 3 heterocycles. The number of imide groups is 1. The van der Waals surface area contributed by atoms with Crippen LogP contribution in [-0.4, -0.2) is 46.1 Å². The van der Waals surface area contributed by atoms with E-state index in [-0.39, 0.29) is 65.7 Å². The fraction of sp³-hybridized carbons (Fsp3) is 0.500. The minimum Gasteiger partial charge on any atom is -0.465 e. The van der Waals surface area contributed by atoms with E-state index in [1.54, 1.807) is 30.0 Å². The quantitative estimate of drug-likeness (QED) is 0.386. The number of aryl methyl sites for hydroxylation is 1. The van der Waals surface area contributed by atoms with E-state index in [4.69, 9.17) is 17.0 Å². The Morgan fingerprint density at radius 3 is 2.67 bits per heavy atom. The monoisotopic (exact) mass is 500 g/mol. The predicted molar refractivity (Wildman–Crippen MR) is 128 cm³/mol. The van der Waals surface area contributed by atoms with Gasteiger partial charge in [-0.15, -0.1) is 23.1 Å². The number of H-pyrrole nitrogens is 1. The molecular weight excluding hydrogens is 476 g/mol. The number of likely N-dealkylation sites (tertiary alicyclic amines) is 1. The van der Waals surface area contributed by atoms with Gasteiger partial charge in [-0.2, -0.15) is 0 Å². The fourth-order valence-electron chi connectivity index (χ4n) is 6.85. The van der Waals surface area contributed by atoms with Crippen LogP contribution in [0.15, 0.2) is 29.3 Å². The molecule has 2 aliphatic carbocycles. The van der Waals surface area contributed by atoms with Crippen molar-refractivity contribution in [2.24, 2.45) is 29.6 Å². The Bertz CT molecular complexity index is 1240. The van der Waals surface area contributed by atoms with Gasteiger partial charge in [-0.3, -0.25) is 19.3 Å². The minimum absolute atomic E-state index is 0.120. The number of amides is 2. The summed E-state index contributed by atoms with van der Waals surface area (Å²) in [5.74, 6) is -0.907. The number of thioether (sulfide) groups is 1. The minimum atomic E-state index is -0.522. The number of benzene rings is 1. The van der Waals surface area contributed by atoms with Gasteiger partial charge in [0, 0.05) is 16.0 Å². The summed E-state index contributed by atoms with van der Waals surface area (Å²) in [4.78, 5) is 44.6. The third-order valence-corrected chi connectivity index (χ3v) is 10.9. The van der Waals surface area contributed by atoms with E-state index in [1.165, 1.54) is 20.9 Å². The van der Waals surface area contributed by atoms with Gasteiger partial charge in [0.05, 0.1) is 23.5 Å². The number of rotatable bonds is 4. The lowest BCUT2D eigenvalue weighted by atomic mass is 9.67. The van der Waals surface area contributed by atoms with Crippen LogP contribution in [0.5, 0.6) is 0 Å². The van der Waals surface area contributed by atoms with Gasteiger partial charge in [-0.05, 0) is 61.4 Å². The molecule has 7 unspecified atom stereocenters. The number of aromatic amines is 1. The summed E-state index contributed by atoms with van der Waals surface area (Å²) in [6, 6.07) is 8.46. The maximum absolute atomic E-state index is 13.4. The number of hydrogen-bond acceptors (Lipinski definition) is 7. The molecule has 172 valence electrons. The van der Waals surface area contributed by atoms with Gasteiger partial charge < -0.3 is 9.72 Å². The summed E-state index contributed by atoms with van der Waals surface area (Å²) in [6.07, 6.45) is 0.889. The highest BCUT2D eigenvalue weighted by Crippen LogP contribution is 2.68. The topological polar surface area (TPSA) is 79.5 Å². The van der Waals surface area contributed by atoms with E-state index in [9.17, 15) is 14.4 Å². The van der Waals surface area contributed by atoms with Crippen LogP contribution in [0, 0.1) is 40.5 Å². The standard InChI is InChI=1S/C24H24N2O4S3/c1-3-30-14(27)9-26-22(28)17-12-8-13(18(17)23(26)29)19-16(12)15(11-7-5-4-6-10(11)2)20-21(32-19)25-24(31)33-20/h4-7,12-13,15-19H,3,8-9H2,1-2H3,(H,25,31). The molecule has 9 heteroatoms. The molecule has 2 amide bonds. The average molecular weight is 501 g/mol. The van der Waals surface area contributed by atoms with Crippen LogP contribution in [0.25, 0.3) is 0 Å². The van der Waals surface area contributed by atoms with Gasteiger partial charge >= 0.3 is 5.97 Å². The number of aromatic nitrogens is 1. The molecule has 6 rings (SSSR count). The Balaban J connectivity index is 1.41. The van der Waals surface area contributed by atoms with Crippen LogP contribution in [0.1, 0.15) is 35.3 Å². The van der Waals surface area contributed by atoms with Crippen molar-refractivity contribution in [3.8, 4) is 0 Å². The van der Waals surface area contributed by atoms with Gasteiger partial charge in [0.2, 0.25) is 11.8 Å². The lowest BCUT2D eigenvalue weighted by Gasteiger charge is -2.43. The van der Waals surface area contributed by atoms with Crippen molar-refractivity contribution >= 4 is 53.1 Å². The van der Waals surface area contributed by atoms with Gasteiger partial charge in [0.25, 0.3) is 0 Å². The number of esters is 1. The highest BCUT2D eigenvalue weighted by molar-refractivity contribution is 8.00. The molecule has 7 atom stereocenters. The smallest absolute Gasteiger partial charge is 0.326 e. The van der Waals surface area contributed by atoms with Crippen LogP contribution < -0.4 is 0 Å². The largest absolute Gasteiger partial charge is 0.465 e. The molecule has 0 spiro atoms. The van der Waals surface area contributed by atoms with Crippen molar-refractivity contribution in [1.82, 2.24) is 9.88 Å². The molecule has 33 heavy (non-hydrogen) atoms. The first-order valence-electron chi connectivity index (χ1n) is 11.4. The molecule has 1 aromatic carbocycles. The van der Waals surface area contributed by atoms with Crippen molar-refractivity contribution in [2.75, 3.05) is 13.2 Å². The third-order valence-electron chi connectivity index (χ3n) is 7.93. The number of nitrogens with one attached hydrogen (secondary N) is 1.